The molecule has 1 aromatic carbocycles. The highest BCUT2D eigenvalue weighted by atomic mass is 16.3. The number of azide groups is 1. The fraction of sp³-hybridized carbons (Fsp3) is 0.417. The molecule has 2 rings (SSSR count). The van der Waals surface area contributed by atoms with Gasteiger partial charge in [-0.15, -0.1) is 0 Å². The van der Waals surface area contributed by atoms with Crippen LogP contribution in [0.1, 0.15) is 12.0 Å². The van der Waals surface area contributed by atoms with Crippen molar-refractivity contribution in [1.29, 1.82) is 0 Å². The van der Waals surface area contributed by atoms with E-state index in [0.29, 0.717) is 19.5 Å². The summed E-state index contributed by atoms with van der Waals surface area (Å²) in [7, 11) is 0. The van der Waals surface area contributed by atoms with E-state index in [1.165, 1.54) is 0 Å². The van der Waals surface area contributed by atoms with Gasteiger partial charge in [-0.25, -0.2) is 0 Å². The minimum atomic E-state index is 0.00170. The minimum Gasteiger partial charge on any atom is -0.508 e. The molecule has 1 N–H and O–H groups in total. The van der Waals surface area contributed by atoms with Crippen LogP contribution in [0.2, 0.25) is 0 Å². The van der Waals surface area contributed by atoms with Crippen molar-refractivity contribution >= 4 is 11.6 Å². The molecule has 0 bridgehead atoms. The van der Waals surface area contributed by atoms with Crippen molar-refractivity contribution in [2.45, 2.75) is 13.3 Å². The Bertz CT molecular complexity index is 523. The van der Waals surface area contributed by atoms with Gasteiger partial charge in [0.1, 0.15) is 5.75 Å². The number of hydrogen-bond donors (Lipinski definition) is 1. The maximum absolute atomic E-state index is 11.9. The number of carbonyl (C=O) groups excluding carboxylic acids is 1. The lowest BCUT2D eigenvalue weighted by atomic mass is 10.1. The first-order chi connectivity index (χ1) is 8.61. The van der Waals surface area contributed by atoms with Gasteiger partial charge in [0.2, 0.25) is 5.91 Å². The highest BCUT2D eigenvalue weighted by Gasteiger charge is 2.30. The minimum absolute atomic E-state index is 0.00170. The van der Waals surface area contributed by atoms with E-state index in [0.717, 1.165) is 11.3 Å². The van der Waals surface area contributed by atoms with Crippen molar-refractivity contribution in [1.82, 2.24) is 0 Å². The van der Waals surface area contributed by atoms with Gasteiger partial charge in [-0.3, -0.25) is 4.79 Å². The summed E-state index contributed by atoms with van der Waals surface area (Å²) in [6.07, 6.45) is 0.383. The molecule has 0 saturated carbocycles. The number of rotatable bonds is 3. The third kappa shape index (κ3) is 2.38. The van der Waals surface area contributed by atoms with E-state index < -0.39 is 0 Å². The Morgan fingerprint density at radius 2 is 2.39 bits per heavy atom. The molecule has 1 amide bonds. The first-order valence-corrected chi connectivity index (χ1v) is 5.72. The number of anilines is 1. The zero-order valence-corrected chi connectivity index (χ0v) is 10.1. The van der Waals surface area contributed by atoms with Crippen LogP contribution in [0.4, 0.5) is 5.69 Å². The van der Waals surface area contributed by atoms with E-state index in [-0.39, 0.29) is 17.6 Å². The van der Waals surface area contributed by atoms with Crippen LogP contribution in [0, 0.1) is 12.8 Å². The highest BCUT2D eigenvalue weighted by Crippen LogP contribution is 2.30. The van der Waals surface area contributed by atoms with E-state index in [4.69, 9.17) is 5.53 Å². The lowest BCUT2D eigenvalue weighted by molar-refractivity contribution is -0.117. The van der Waals surface area contributed by atoms with Crippen molar-refractivity contribution in [2.75, 3.05) is 18.0 Å². The molecule has 0 spiro atoms. The summed E-state index contributed by atoms with van der Waals surface area (Å²) in [4.78, 5) is 16.3. The fourth-order valence-corrected chi connectivity index (χ4v) is 2.18. The molecule has 1 heterocycles. The molecule has 1 unspecified atom stereocenters. The fourth-order valence-electron chi connectivity index (χ4n) is 2.18. The van der Waals surface area contributed by atoms with Gasteiger partial charge >= 0.3 is 0 Å². The monoisotopic (exact) mass is 246 g/mol. The molecule has 6 nitrogen and oxygen atoms in total. The molecular weight excluding hydrogens is 232 g/mol. The van der Waals surface area contributed by atoms with Crippen molar-refractivity contribution in [3.8, 4) is 5.75 Å². The highest BCUT2D eigenvalue weighted by molar-refractivity contribution is 5.96. The number of phenolic OH excluding ortho intramolecular Hbond substituents is 1. The standard InChI is InChI=1S/C12H14N4O2/c1-8-2-3-10(17)5-11(8)16-7-9(4-12(16)18)6-14-15-13/h2-3,5,9,17H,4,6-7H2,1H3. The predicted molar refractivity (Wildman–Crippen MR) is 67.3 cm³/mol. The van der Waals surface area contributed by atoms with Crippen LogP contribution in [-0.4, -0.2) is 24.1 Å². The molecule has 1 aliphatic rings. The second kappa shape index (κ2) is 4.98. The summed E-state index contributed by atoms with van der Waals surface area (Å²) in [5.74, 6) is 0.193. The number of nitrogens with zero attached hydrogens (tertiary/aromatic N) is 4. The van der Waals surface area contributed by atoms with E-state index in [1.54, 1.807) is 23.1 Å². The maximum atomic E-state index is 11.9. The lowest BCUT2D eigenvalue weighted by Gasteiger charge is -2.19. The van der Waals surface area contributed by atoms with Gasteiger partial charge < -0.3 is 10.0 Å². The SMILES string of the molecule is Cc1ccc(O)cc1N1CC(CN=[N+]=[N-])CC1=O. The summed E-state index contributed by atoms with van der Waals surface area (Å²) >= 11 is 0. The topological polar surface area (TPSA) is 89.3 Å². The van der Waals surface area contributed by atoms with E-state index in [2.05, 4.69) is 10.0 Å². The van der Waals surface area contributed by atoms with Gasteiger partial charge in [0, 0.05) is 30.5 Å². The van der Waals surface area contributed by atoms with E-state index in [9.17, 15) is 9.90 Å². The van der Waals surface area contributed by atoms with Crippen molar-refractivity contribution < 1.29 is 9.90 Å². The average Bonchev–Trinajstić information content (AvgIpc) is 2.71. The Morgan fingerprint density at radius 1 is 1.61 bits per heavy atom. The zero-order valence-electron chi connectivity index (χ0n) is 10.1. The van der Waals surface area contributed by atoms with Gasteiger partial charge in [-0.2, -0.15) is 0 Å². The third-order valence-corrected chi connectivity index (χ3v) is 3.09. The van der Waals surface area contributed by atoms with E-state index >= 15 is 0 Å². The molecule has 1 fully saturated rings. The normalized spacial score (nSPS) is 18.8. The van der Waals surface area contributed by atoms with E-state index in [1.807, 2.05) is 6.92 Å². The first-order valence-electron chi connectivity index (χ1n) is 5.72. The second-order valence-corrected chi connectivity index (χ2v) is 4.46. The van der Waals surface area contributed by atoms with Crippen LogP contribution in [0.5, 0.6) is 5.75 Å². The summed E-state index contributed by atoms with van der Waals surface area (Å²) in [5, 5.41) is 13.0. The number of amides is 1. The summed E-state index contributed by atoms with van der Waals surface area (Å²) in [5.41, 5.74) is 9.94. The van der Waals surface area contributed by atoms with Gasteiger partial charge in [-0.1, -0.05) is 11.2 Å². The molecule has 0 aromatic heterocycles. The molecule has 1 atom stereocenters. The molecule has 1 aliphatic heterocycles. The van der Waals surface area contributed by atoms with Crippen LogP contribution >= 0.6 is 0 Å². The van der Waals surface area contributed by atoms with Gasteiger partial charge in [-0.05, 0) is 30.0 Å². The number of aromatic hydroxyl groups is 1. The molecule has 1 aromatic rings. The van der Waals surface area contributed by atoms with Crippen molar-refractivity contribution in [3.63, 3.8) is 0 Å². The number of aryl methyl sites for hydroxylation is 1. The number of phenols is 1. The van der Waals surface area contributed by atoms with Crippen molar-refractivity contribution in [2.24, 2.45) is 11.0 Å². The van der Waals surface area contributed by atoms with Gasteiger partial charge in [0.25, 0.3) is 0 Å². The first kappa shape index (κ1) is 12.3. The van der Waals surface area contributed by atoms with Crippen LogP contribution in [0.3, 0.4) is 0 Å². The molecule has 6 heteroatoms. The molecule has 1 saturated heterocycles. The number of benzene rings is 1. The smallest absolute Gasteiger partial charge is 0.227 e. The van der Waals surface area contributed by atoms with Gasteiger partial charge in [0.15, 0.2) is 0 Å². The lowest BCUT2D eigenvalue weighted by Crippen LogP contribution is -2.25. The molecule has 0 radical (unpaired) electrons. The molecular formula is C12H14N4O2. The maximum Gasteiger partial charge on any atom is 0.227 e. The Morgan fingerprint density at radius 3 is 3.11 bits per heavy atom. The summed E-state index contributed by atoms with van der Waals surface area (Å²) in [6, 6.07) is 4.96. The number of hydrogen-bond acceptors (Lipinski definition) is 3. The zero-order chi connectivity index (χ0) is 13.1. The van der Waals surface area contributed by atoms with Crippen molar-refractivity contribution in [3.05, 3.63) is 34.2 Å². The molecule has 18 heavy (non-hydrogen) atoms. The quantitative estimate of drug-likeness (QED) is 0.504. The van der Waals surface area contributed by atoms with Crippen LogP contribution in [0.15, 0.2) is 23.3 Å². The van der Waals surface area contributed by atoms with Gasteiger partial charge in [0.05, 0.1) is 5.69 Å². The van der Waals surface area contributed by atoms with Crippen LogP contribution in [0.25, 0.3) is 10.4 Å². The Balaban J connectivity index is 2.21. The molecule has 0 aliphatic carbocycles. The predicted octanol–water partition coefficient (Wildman–Crippen LogP) is 2.36. The number of carbonyl (C=O) groups is 1. The van der Waals surface area contributed by atoms with Crippen LogP contribution in [-0.2, 0) is 4.79 Å². The Hall–Kier alpha value is -2.20. The molecule has 94 valence electrons. The summed E-state index contributed by atoms with van der Waals surface area (Å²) < 4.78 is 0. The third-order valence-electron chi connectivity index (χ3n) is 3.09. The van der Waals surface area contributed by atoms with Crippen LogP contribution < -0.4 is 4.90 Å². The largest absolute Gasteiger partial charge is 0.508 e. The summed E-state index contributed by atoms with van der Waals surface area (Å²) in [6.45, 7) is 2.75. The Labute approximate surface area is 104 Å². The Kier molecular flexibility index (Phi) is 3.39. The average molecular weight is 246 g/mol. The second-order valence-electron chi connectivity index (χ2n) is 4.46.